The van der Waals surface area contributed by atoms with Crippen LogP contribution < -0.4 is 10.1 Å². The van der Waals surface area contributed by atoms with E-state index in [2.05, 4.69) is 15.3 Å². The van der Waals surface area contributed by atoms with Crippen molar-refractivity contribution in [3.05, 3.63) is 53.1 Å². The van der Waals surface area contributed by atoms with E-state index in [-0.39, 0.29) is 18.1 Å². The number of ether oxygens (including phenoxy) is 2. The van der Waals surface area contributed by atoms with E-state index in [1.54, 1.807) is 0 Å². The first kappa shape index (κ1) is 27.1. The molecular formula is C26H38ClN3O3. The summed E-state index contributed by atoms with van der Waals surface area (Å²) in [5.41, 5.74) is 1.30. The lowest BCUT2D eigenvalue weighted by Gasteiger charge is -2.22. The minimum absolute atomic E-state index is 0. The van der Waals surface area contributed by atoms with Gasteiger partial charge in [0, 0.05) is 6.42 Å². The average molecular weight is 476 g/mol. The number of carbonyl (C=O) groups is 1. The van der Waals surface area contributed by atoms with E-state index in [1.165, 1.54) is 19.3 Å². The van der Waals surface area contributed by atoms with Gasteiger partial charge in [-0.1, -0.05) is 43.2 Å². The Kier molecular flexibility index (Phi) is 10.6. The summed E-state index contributed by atoms with van der Waals surface area (Å²) in [6.45, 7) is 10.0. The highest BCUT2D eigenvalue weighted by molar-refractivity contribution is 5.90. The van der Waals surface area contributed by atoms with E-state index in [1.807, 2.05) is 58.0 Å². The molecule has 6 nitrogen and oxygen atoms in total. The lowest BCUT2D eigenvalue weighted by molar-refractivity contribution is 0.00573. The van der Waals surface area contributed by atoms with E-state index in [9.17, 15) is 4.79 Å². The van der Waals surface area contributed by atoms with Gasteiger partial charge in [-0.15, -0.1) is 12.4 Å². The van der Waals surface area contributed by atoms with Crippen LogP contribution in [0.5, 0.6) is 5.75 Å². The molecule has 2 heterocycles. The van der Waals surface area contributed by atoms with Gasteiger partial charge in [0.1, 0.15) is 18.0 Å². The minimum Gasteiger partial charge on any atom is -0.484 e. The molecule has 0 amide bonds. The molecule has 0 saturated carbocycles. The smallest absolute Gasteiger partial charge is 0.361 e. The first-order valence-corrected chi connectivity index (χ1v) is 11.8. The first-order chi connectivity index (χ1) is 15.3. The maximum atomic E-state index is 12.9. The summed E-state index contributed by atoms with van der Waals surface area (Å²) >= 11 is 0. The predicted octanol–water partition coefficient (Wildman–Crippen LogP) is 5.45. The van der Waals surface area contributed by atoms with Crippen molar-refractivity contribution >= 4 is 18.4 Å². The molecule has 1 aromatic carbocycles. The predicted molar refractivity (Wildman–Crippen MR) is 133 cm³/mol. The molecule has 0 unspecified atom stereocenters. The van der Waals surface area contributed by atoms with Gasteiger partial charge in [-0.3, -0.25) is 0 Å². The second kappa shape index (κ2) is 12.9. The van der Waals surface area contributed by atoms with Crippen molar-refractivity contribution in [2.75, 3.05) is 13.1 Å². The van der Waals surface area contributed by atoms with Gasteiger partial charge in [0.15, 0.2) is 11.4 Å². The van der Waals surface area contributed by atoms with E-state index in [4.69, 9.17) is 9.47 Å². The lowest BCUT2D eigenvalue weighted by Crippen LogP contribution is -2.27. The van der Waals surface area contributed by atoms with Crippen molar-refractivity contribution in [2.24, 2.45) is 5.92 Å². The summed E-state index contributed by atoms with van der Waals surface area (Å²) in [5, 5.41) is 3.42. The third-order valence-electron chi connectivity index (χ3n) is 5.62. The summed E-state index contributed by atoms with van der Waals surface area (Å²) < 4.78 is 11.6. The van der Waals surface area contributed by atoms with E-state index in [0.29, 0.717) is 23.9 Å². The molecule has 7 heteroatoms. The Morgan fingerprint density at radius 3 is 2.45 bits per heavy atom. The molecule has 33 heavy (non-hydrogen) atoms. The second-order valence-electron chi connectivity index (χ2n) is 9.62. The van der Waals surface area contributed by atoms with Gasteiger partial charge in [0.05, 0.1) is 5.69 Å². The minimum atomic E-state index is -0.609. The molecule has 0 bridgehead atoms. The van der Waals surface area contributed by atoms with Gasteiger partial charge in [-0.2, -0.15) is 0 Å². The van der Waals surface area contributed by atoms with Gasteiger partial charge in [-0.05, 0) is 71.5 Å². The zero-order valence-electron chi connectivity index (χ0n) is 20.4. The number of nitrogens with one attached hydrogen (secondary N) is 1. The van der Waals surface area contributed by atoms with E-state index < -0.39 is 11.6 Å². The molecule has 1 fully saturated rings. The summed E-state index contributed by atoms with van der Waals surface area (Å²) in [5.74, 6) is 1.44. The molecule has 1 saturated heterocycles. The molecule has 0 atom stereocenters. The number of esters is 1. The summed E-state index contributed by atoms with van der Waals surface area (Å²) in [7, 11) is 0. The fourth-order valence-electron chi connectivity index (χ4n) is 3.99. The number of aryl methyl sites for hydroxylation is 2. The van der Waals surface area contributed by atoms with Crippen molar-refractivity contribution in [1.82, 2.24) is 15.3 Å². The third-order valence-corrected chi connectivity index (χ3v) is 5.62. The number of benzene rings is 1. The van der Waals surface area contributed by atoms with Crippen molar-refractivity contribution in [3.8, 4) is 5.75 Å². The third kappa shape index (κ3) is 8.94. The molecule has 2 aromatic rings. The Morgan fingerprint density at radius 2 is 1.79 bits per heavy atom. The van der Waals surface area contributed by atoms with Crippen molar-refractivity contribution in [1.29, 1.82) is 0 Å². The average Bonchev–Trinajstić information content (AvgIpc) is 2.76. The monoisotopic (exact) mass is 475 g/mol. The Hall–Kier alpha value is -2.18. The largest absolute Gasteiger partial charge is 0.484 e. The summed E-state index contributed by atoms with van der Waals surface area (Å²) in [6.07, 6.45) is 6.71. The summed E-state index contributed by atoms with van der Waals surface area (Å²) in [4.78, 5) is 22.2. The van der Waals surface area contributed by atoms with Crippen molar-refractivity contribution < 1.29 is 14.3 Å². The SMILES string of the molecule is Cc1nc(CCCCC2CCNCC2)nc(C(=O)OC(C)(C)C)c1OCc1ccccc1.Cl. The number of hydrogen-bond acceptors (Lipinski definition) is 6. The maximum absolute atomic E-state index is 12.9. The van der Waals surface area contributed by atoms with Crippen LogP contribution in [0.3, 0.4) is 0 Å². The van der Waals surface area contributed by atoms with Gasteiger partial charge in [-0.25, -0.2) is 14.8 Å². The van der Waals surface area contributed by atoms with Crippen LogP contribution in [0, 0.1) is 12.8 Å². The molecule has 1 aliphatic heterocycles. The fourth-order valence-corrected chi connectivity index (χ4v) is 3.99. The van der Waals surface area contributed by atoms with Gasteiger partial charge >= 0.3 is 5.97 Å². The Balaban J connectivity index is 0.00000385. The second-order valence-corrected chi connectivity index (χ2v) is 9.62. The van der Waals surface area contributed by atoms with Crippen LogP contribution >= 0.6 is 12.4 Å². The molecule has 1 N–H and O–H groups in total. The Bertz CT molecular complexity index is 878. The number of halogens is 1. The molecule has 0 spiro atoms. The number of carbonyl (C=O) groups excluding carboxylic acids is 1. The van der Waals surface area contributed by atoms with Gasteiger partial charge in [0.25, 0.3) is 0 Å². The first-order valence-electron chi connectivity index (χ1n) is 11.8. The highest BCUT2D eigenvalue weighted by Gasteiger charge is 2.25. The van der Waals surface area contributed by atoms with Crippen LogP contribution in [0.4, 0.5) is 0 Å². The number of piperidine rings is 1. The van der Waals surface area contributed by atoms with Crippen LogP contribution in [0.25, 0.3) is 0 Å². The lowest BCUT2D eigenvalue weighted by atomic mass is 9.92. The van der Waals surface area contributed by atoms with Crippen LogP contribution in [0.2, 0.25) is 0 Å². The normalized spacial score (nSPS) is 14.4. The molecule has 3 rings (SSSR count). The highest BCUT2D eigenvalue weighted by atomic mass is 35.5. The van der Waals surface area contributed by atoms with Crippen molar-refractivity contribution in [3.63, 3.8) is 0 Å². The topological polar surface area (TPSA) is 73.3 Å². The van der Waals surface area contributed by atoms with Crippen LogP contribution in [0.15, 0.2) is 30.3 Å². The van der Waals surface area contributed by atoms with E-state index >= 15 is 0 Å². The highest BCUT2D eigenvalue weighted by Crippen LogP contribution is 2.26. The molecular weight excluding hydrogens is 438 g/mol. The van der Waals surface area contributed by atoms with Crippen LogP contribution in [-0.2, 0) is 17.8 Å². The Morgan fingerprint density at radius 1 is 1.09 bits per heavy atom. The van der Waals surface area contributed by atoms with E-state index in [0.717, 1.165) is 43.8 Å². The van der Waals surface area contributed by atoms with Crippen LogP contribution in [-0.4, -0.2) is 34.6 Å². The molecule has 182 valence electrons. The molecule has 1 aliphatic rings. The summed E-state index contributed by atoms with van der Waals surface area (Å²) in [6, 6.07) is 9.86. The zero-order chi connectivity index (χ0) is 23.0. The molecule has 0 radical (unpaired) electrons. The molecule has 1 aromatic heterocycles. The van der Waals surface area contributed by atoms with Crippen LogP contribution in [0.1, 0.15) is 80.4 Å². The van der Waals surface area contributed by atoms with Gasteiger partial charge < -0.3 is 14.8 Å². The van der Waals surface area contributed by atoms with Crippen molar-refractivity contribution in [2.45, 2.75) is 78.4 Å². The number of unbranched alkanes of at least 4 members (excludes halogenated alkanes) is 1. The Labute approximate surface area is 204 Å². The molecule has 0 aliphatic carbocycles. The fraction of sp³-hybridized carbons (Fsp3) is 0.577. The number of aromatic nitrogens is 2. The number of nitrogens with zero attached hydrogens (tertiary/aromatic N) is 2. The quantitative estimate of drug-likeness (QED) is 0.383. The number of hydrogen-bond donors (Lipinski definition) is 1. The van der Waals surface area contributed by atoms with Gasteiger partial charge in [0.2, 0.25) is 0 Å². The zero-order valence-corrected chi connectivity index (χ0v) is 21.2. The maximum Gasteiger partial charge on any atom is 0.361 e. The standard InChI is InChI=1S/C26H37N3O3.ClH/c1-19-24(31-18-21-11-6-5-7-12-21)23(25(30)32-26(2,3)4)29-22(28-19)13-9-8-10-20-14-16-27-17-15-20;/h5-7,11-12,20,27H,8-10,13-18H2,1-4H3;1H. The number of rotatable bonds is 9.